The van der Waals surface area contributed by atoms with E-state index in [4.69, 9.17) is 4.98 Å². The van der Waals surface area contributed by atoms with Gasteiger partial charge in [0.25, 0.3) is 0 Å². The Hall–Kier alpha value is -2.04. The highest BCUT2D eigenvalue weighted by molar-refractivity contribution is 7.88. The summed E-state index contributed by atoms with van der Waals surface area (Å²) < 4.78 is 24.9. The summed E-state index contributed by atoms with van der Waals surface area (Å²) in [5.41, 5.74) is 0.0917. The Balaban J connectivity index is 1.64. The number of aromatic amines is 1. The number of fused-ring (bicyclic) bond motifs is 1. The average Bonchev–Trinajstić information content (AvgIpc) is 2.99. The number of anilines is 1. The monoisotopic (exact) mass is 421 g/mol. The van der Waals surface area contributed by atoms with Crippen molar-refractivity contribution in [2.75, 3.05) is 24.7 Å². The SMILES string of the molecule is C[C@@]1(O)CCC[C@@H]1c1nc(NC2CCN(S(C)(=O)=O)CC2)nc2[nH]c(=O)ccc12. The maximum absolute atomic E-state index is 11.8. The van der Waals surface area contributed by atoms with Crippen molar-refractivity contribution in [3.8, 4) is 0 Å². The minimum atomic E-state index is -3.18. The van der Waals surface area contributed by atoms with Crippen molar-refractivity contribution in [2.45, 2.75) is 56.6 Å². The molecule has 4 rings (SSSR count). The fourth-order valence-electron chi connectivity index (χ4n) is 4.49. The zero-order valence-corrected chi connectivity index (χ0v) is 17.5. The molecule has 2 aromatic rings. The van der Waals surface area contributed by atoms with Gasteiger partial charge >= 0.3 is 0 Å². The molecule has 0 bridgehead atoms. The van der Waals surface area contributed by atoms with Gasteiger partial charge in [-0.3, -0.25) is 4.79 Å². The highest BCUT2D eigenvalue weighted by Crippen LogP contribution is 2.43. The molecule has 0 amide bonds. The predicted octanol–water partition coefficient (Wildman–Crippen LogP) is 1.17. The van der Waals surface area contributed by atoms with Crippen molar-refractivity contribution in [2.24, 2.45) is 0 Å². The Kier molecular flexibility index (Phi) is 5.12. The fraction of sp³-hybridized carbons (Fsp3) is 0.632. The van der Waals surface area contributed by atoms with Gasteiger partial charge < -0.3 is 15.4 Å². The molecule has 1 aliphatic heterocycles. The second kappa shape index (κ2) is 7.33. The molecule has 1 saturated heterocycles. The first-order valence-corrected chi connectivity index (χ1v) is 11.8. The van der Waals surface area contributed by atoms with Gasteiger partial charge in [0.15, 0.2) is 0 Å². The summed E-state index contributed by atoms with van der Waals surface area (Å²) in [6.45, 7) is 2.73. The summed E-state index contributed by atoms with van der Waals surface area (Å²) in [5.74, 6) is 0.265. The molecule has 0 unspecified atom stereocenters. The number of rotatable bonds is 4. The third-order valence-corrected chi connectivity index (χ3v) is 7.43. The number of nitrogens with zero attached hydrogens (tertiary/aromatic N) is 3. The lowest BCUT2D eigenvalue weighted by Gasteiger charge is -2.31. The Bertz CT molecular complexity index is 1070. The second-order valence-electron chi connectivity index (χ2n) is 8.40. The van der Waals surface area contributed by atoms with Crippen LogP contribution < -0.4 is 10.9 Å². The van der Waals surface area contributed by atoms with Crippen LogP contribution in [-0.2, 0) is 10.0 Å². The molecular formula is C19H27N5O4S. The van der Waals surface area contributed by atoms with Crippen LogP contribution in [0.15, 0.2) is 16.9 Å². The van der Waals surface area contributed by atoms with Crippen LogP contribution in [0.4, 0.5) is 5.95 Å². The van der Waals surface area contributed by atoms with E-state index >= 15 is 0 Å². The molecular weight excluding hydrogens is 394 g/mol. The van der Waals surface area contributed by atoms with Crippen molar-refractivity contribution in [1.82, 2.24) is 19.3 Å². The van der Waals surface area contributed by atoms with E-state index < -0.39 is 15.6 Å². The van der Waals surface area contributed by atoms with E-state index in [1.165, 1.54) is 16.6 Å². The Labute approximate surface area is 169 Å². The van der Waals surface area contributed by atoms with E-state index in [1.54, 1.807) is 6.07 Å². The van der Waals surface area contributed by atoms with Crippen LogP contribution in [0.2, 0.25) is 0 Å². The van der Waals surface area contributed by atoms with Crippen LogP contribution in [0.3, 0.4) is 0 Å². The van der Waals surface area contributed by atoms with Crippen LogP contribution in [0.1, 0.15) is 50.6 Å². The Morgan fingerprint density at radius 3 is 2.59 bits per heavy atom. The van der Waals surface area contributed by atoms with Gasteiger partial charge in [0.1, 0.15) is 5.65 Å². The van der Waals surface area contributed by atoms with Gasteiger partial charge in [0.2, 0.25) is 21.5 Å². The van der Waals surface area contributed by atoms with Crippen LogP contribution >= 0.6 is 0 Å². The van der Waals surface area contributed by atoms with Crippen LogP contribution in [0, 0.1) is 0 Å². The van der Waals surface area contributed by atoms with Crippen LogP contribution in [-0.4, -0.2) is 63.8 Å². The molecule has 2 aromatic heterocycles. The van der Waals surface area contributed by atoms with Crippen molar-refractivity contribution in [1.29, 1.82) is 0 Å². The lowest BCUT2D eigenvalue weighted by Crippen LogP contribution is -2.42. The van der Waals surface area contributed by atoms with Crippen molar-refractivity contribution in [3.05, 3.63) is 28.2 Å². The molecule has 158 valence electrons. The molecule has 0 radical (unpaired) electrons. The summed E-state index contributed by atoms with van der Waals surface area (Å²) >= 11 is 0. The number of nitrogens with one attached hydrogen (secondary N) is 2. The molecule has 29 heavy (non-hydrogen) atoms. The van der Waals surface area contributed by atoms with Gasteiger partial charge in [-0.15, -0.1) is 0 Å². The Morgan fingerprint density at radius 2 is 1.97 bits per heavy atom. The zero-order chi connectivity index (χ0) is 20.8. The van der Waals surface area contributed by atoms with Gasteiger partial charge in [-0.05, 0) is 45.1 Å². The largest absolute Gasteiger partial charge is 0.389 e. The Morgan fingerprint density at radius 1 is 1.24 bits per heavy atom. The van der Waals surface area contributed by atoms with Crippen LogP contribution in [0.5, 0.6) is 0 Å². The molecule has 3 heterocycles. The van der Waals surface area contributed by atoms with E-state index in [0.29, 0.717) is 43.9 Å². The van der Waals surface area contributed by atoms with Gasteiger partial charge in [0, 0.05) is 36.5 Å². The quantitative estimate of drug-likeness (QED) is 0.676. The maximum atomic E-state index is 11.8. The van der Waals surface area contributed by atoms with Crippen LogP contribution in [0.25, 0.3) is 11.0 Å². The van der Waals surface area contributed by atoms with E-state index in [0.717, 1.165) is 23.9 Å². The highest BCUT2D eigenvalue weighted by Gasteiger charge is 2.40. The third-order valence-electron chi connectivity index (χ3n) is 6.13. The van der Waals surface area contributed by atoms with Gasteiger partial charge in [0.05, 0.1) is 17.6 Å². The third kappa shape index (κ3) is 4.15. The normalized spacial score (nSPS) is 26.8. The highest BCUT2D eigenvalue weighted by atomic mass is 32.2. The predicted molar refractivity (Wildman–Crippen MR) is 110 cm³/mol. The minimum Gasteiger partial charge on any atom is -0.389 e. The van der Waals surface area contributed by atoms with E-state index in [-0.39, 0.29) is 17.5 Å². The molecule has 2 fully saturated rings. The first-order chi connectivity index (χ1) is 13.6. The summed E-state index contributed by atoms with van der Waals surface area (Å²) in [7, 11) is -3.18. The molecule has 9 nitrogen and oxygen atoms in total. The standard InChI is InChI=1S/C19H27N5O4S/c1-19(26)9-3-4-14(19)16-13-5-6-15(25)21-17(13)23-18(22-16)20-12-7-10-24(11-8-12)29(2,27)28/h5-6,12,14,26H,3-4,7-11H2,1-2H3,(H2,20,21,22,23,25)/t14-,19-/m1/s1. The average molecular weight is 422 g/mol. The number of sulfonamides is 1. The van der Waals surface area contributed by atoms with Crippen molar-refractivity contribution in [3.63, 3.8) is 0 Å². The summed E-state index contributed by atoms with van der Waals surface area (Å²) in [4.78, 5) is 23.8. The zero-order valence-electron chi connectivity index (χ0n) is 16.7. The number of aliphatic hydroxyl groups is 1. The van der Waals surface area contributed by atoms with E-state index in [1.807, 2.05) is 6.92 Å². The second-order valence-corrected chi connectivity index (χ2v) is 10.4. The minimum absolute atomic E-state index is 0.0397. The molecule has 2 aliphatic rings. The lowest BCUT2D eigenvalue weighted by atomic mass is 9.88. The van der Waals surface area contributed by atoms with Gasteiger partial charge in [-0.1, -0.05) is 0 Å². The topological polar surface area (TPSA) is 128 Å². The number of H-pyrrole nitrogens is 1. The van der Waals surface area contributed by atoms with E-state index in [9.17, 15) is 18.3 Å². The molecule has 2 atom stereocenters. The summed E-state index contributed by atoms with van der Waals surface area (Å²) in [6, 6.07) is 3.21. The summed E-state index contributed by atoms with van der Waals surface area (Å²) in [5, 5.41) is 14.9. The molecule has 3 N–H and O–H groups in total. The van der Waals surface area contributed by atoms with Gasteiger partial charge in [-0.25, -0.2) is 17.7 Å². The first-order valence-electron chi connectivity index (χ1n) is 9.98. The number of pyridine rings is 1. The fourth-order valence-corrected chi connectivity index (χ4v) is 5.36. The molecule has 10 heteroatoms. The smallest absolute Gasteiger partial charge is 0.249 e. The summed E-state index contributed by atoms with van der Waals surface area (Å²) in [6.07, 6.45) is 4.97. The molecule has 0 spiro atoms. The van der Waals surface area contributed by atoms with Crippen molar-refractivity contribution < 1.29 is 13.5 Å². The number of aromatic nitrogens is 3. The van der Waals surface area contributed by atoms with Gasteiger partial charge in [-0.2, -0.15) is 4.98 Å². The first kappa shape index (κ1) is 20.2. The maximum Gasteiger partial charge on any atom is 0.249 e. The van der Waals surface area contributed by atoms with E-state index in [2.05, 4.69) is 15.3 Å². The van der Waals surface area contributed by atoms with Crippen molar-refractivity contribution >= 4 is 27.0 Å². The molecule has 0 aromatic carbocycles. The lowest BCUT2D eigenvalue weighted by molar-refractivity contribution is 0.0489. The number of hydrogen-bond acceptors (Lipinski definition) is 7. The molecule has 1 saturated carbocycles. The number of piperidine rings is 1. The molecule has 1 aliphatic carbocycles. The number of hydrogen-bond donors (Lipinski definition) is 3.